The summed E-state index contributed by atoms with van der Waals surface area (Å²) in [7, 11) is 2.84. The number of carbonyl (C=O) groups excluding carboxylic acids is 2. The van der Waals surface area contributed by atoms with Crippen LogP contribution in [-0.4, -0.2) is 38.4 Å². The van der Waals surface area contributed by atoms with E-state index >= 15 is 0 Å². The van der Waals surface area contributed by atoms with Gasteiger partial charge >= 0.3 is 12.1 Å². The number of nitrogens with one attached hydrogen (secondary N) is 1. The molecule has 0 aromatic rings. The fourth-order valence-electron chi connectivity index (χ4n) is 0.412. The van der Waals surface area contributed by atoms with Crippen LogP contribution in [0.25, 0.3) is 0 Å². The normalized spacial score (nSPS) is 9.47. The Hall–Kier alpha value is -1.30. The van der Waals surface area contributed by atoms with E-state index in [2.05, 4.69) is 10.1 Å². The van der Waals surface area contributed by atoms with Crippen molar-refractivity contribution in [1.82, 2.24) is 5.32 Å². The lowest BCUT2D eigenvalue weighted by atomic mass is 10.2. The number of carbonyl (C=O) groups is 2. The average Bonchev–Trinajstić information content (AvgIpc) is 2.15. The van der Waals surface area contributed by atoms with Gasteiger partial charge in [-0.15, -0.1) is 0 Å². The fourth-order valence-corrected chi connectivity index (χ4v) is 0.412. The Morgan fingerprint density at radius 3 is 1.87 bits per heavy atom. The van der Waals surface area contributed by atoms with Crippen LogP contribution in [0.4, 0.5) is 4.79 Å². The third kappa shape index (κ3) is 15.5. The number of methoxy groups -OCH3 is 1. The van der Waals surface area contributed by atoms with Crippen molar-refractivity contribution in [1.29, 1.82) is 0 Å². The van der Waals surface area contributed by atoms with Crippen molar-refractivity contribution in [3.8, 4) is 0 Å². The van der Waals surface area contributed by atoms with Crippen molar-refractivity contribution in [2.45, 2.75) is 26.4 Å². The topological polar surface area (TPSA) is 90.6 Å². The molecule has 0 fully saturated rings. The lowest BCUT2D eigenvalue weighted by molar-refractivity contribution is -0.138. The molecular weight excluding hydrogens is 200 g/mol. The van der Waals surface area contributed by atoms with Gasteiger partial charge in [-0.3, -0.25) is 4.79 Å². The van der Waals surface area contributed by atoms with Gasteiger partial charge in [-0.05, 0) is 20.8 Å². The van der Waals surface area contributed by atoms with E-state index in [0.717, 1.165) is 0 Å². The Balaban J connectivity index is 0. The van der Waals surface area contributed by atoms with Crippen molar-refractivity contribution in [2.75, 3.05) is 20.7 Å². The maximum absolute atomic E-state index is 10.5. The summed E-state index contributed by atoms with van der Waals surface area (Å²) in [6.07, 6.45) is -0.387. The van der Waals surface area contributed by atoms with Gasteiger partial charge in [0.2, 0.25) is 0 Å². The summed E-state index contributed by atoms with van der Waals surface area (Å²) >= 11 is 0. The lowest BCUT2D eigenvalue weighted by Crippen LogP contribution is -2.30. The first-order chi connectivity index (χ1) is 6.76. The minimum Gasteiger partial charge on any atom is -0.468 e. The van der Waals surface area contributed by atoms with Crippen molar-refractivity contribution in [2.24, 2.45) is 5.73 Å². The standard InChI is InChI=1S/C6H13NO2.C3H7NO2/c1-6(2,3)9-5(8)7-4;1-6-3(5)2-4/h1-4H3,(H,7,8);2,4H2,1H3. The molecule has 0 radical (unpaired) electrons. The van der Waals surface area contributed by atoms with E-state index in [9.17, 15) is 9.59 Å². The number of hydrogen-bond donors (Lipinski definition) is 2. The second-order valence-electron chi connectivity index (χ2n) is 3.53. The molecule has 0 aromatic carbocycles. The first kappa shape index (κ1) is 16.1. The van der Waals surface area contributed by atoms with E-state index in [1.54, 1.807) is 0 Å². The average molecular weight is 220 g/mol. The quantitative estimate of drug-likeness (QED) is 0.618. The first-order valence-corrected chi connectivity index (χ1v) is 4.44. The molecule has 1 amide bonds. The number of rotatable bonds is 1. The Morgan fingerprint density at radius 1 is 1.33 bits per heavy atom. The highest BCUT2D eigenvalue weighted by Gasteiger charge is 2.13. The summed E-state index contributed by atoms with van der Waals surface area (Å²) in [4.78, 5) is 20.3. The minimum absolute atomic E-state index is 0.0312. The number of ether oxygens (including phenoxy) is 2. The van der Waals surface area contributed by atoms with Gasteiger partial charge in [0.15, 0.2) is 0 Å². The van der Waals surface area contributed by atoms with Gasteiger partial charge in [-0.1, -0.05) is 0 Å². The maximum Gasteiger partial charge on any atom is 0.407 e. The zero-order valence-electron chi connectivity index (χ0n) is 9.92. The Bertz CT molecular complexity index is 193. The monoisotopic (exact) mass is 220 g/mol. The molecule has 90 valence electrons. The minimum atomic E-state index is -0.389. The molecule has 0 heterocycles. The Kier molecular flexibility index (Phi) is 8.66. The molecule has 15 heavy (non-hydrogen) atoms. The molecule has 0 bridgehead atoms. The smallest absolute Gasteiger partial charge is 0.407 e. The zero-order valence-corrected chi connectivity index (χ0v) is 9.92. The van der Waals surface area contributed by atoms with Gasteiger partial charge < -0.3 is 20.5 Å². The van der Waals surface area contributed by atoms with Crippen LogP contribution in [-0.2, 0) is 14.3 Å². The van der Waals surface area contributed by atoms with Crippen LogP contribution < -0.4 is 11.1 Å². The van der Waals surface area contributed by atoms with E-state index in [0.29, 0.717) is 0 Å². The molecule has 6 nitrogen and oxygen atoms in total. The molecule has 6 heteroatoms. The molecule has 0 aromatic heterocycles. The second kappa shape index (κ2) is 8.05. The number of alkyl carbamates (subject to hydrolysis) is 1. The van der Waals surface area contributed by atoms with Crippen molar-refractivity contribution < 1.29 is 19.1 Å². The molecule has 0 aliphatic heterocycles. The highest BCUT2D eigenvalue weighted by Crippen LogP contribution is 2.05. The molecule has 3 N–H and O–H groups in total. The van der Waals surface area contributed by atoms with E-state index in [-0.39, 0.29) is 24.2 Å². The highest BCUT2D eigenvalue weighted by molar-refractivity contribution is 5.71. The molecule has 0 saturated carbocycles. The fraction of sp³-hybridized carbons (Fsp3) is 0.778. The second-order valence-corrected chi connectivity index (χ2v) is 3.53. The van der Waals surface area contributed by atoms with Crippen LogP contribution in [0.15, 0.2) is 0 Å². The summed E-state index contributed by atoms with van der Waals surface area (Å²) in [5, 5.41) is 2.36. The molecular formula is C9H20N2O4. The van der Waals surface area contributed by atoms with Gasteiger partial charge in [0.25, 0.3) is 0 Å². The largest absolute Gasteiger partial charge is 0.468 e. The van der Waals surface area contributed by atoms with Crippen LogP contribution in [0.3, 0.4) is 0 Å². The van der Waals surface area contributed by atoms with Gasteiger partial charge in [0.1, 0.15) is 5.60 Å². The molecule has 0 aliphatic rings. The molecule has 0 spiro atoms. The van der Waals surface area contributed by atoms with E-state index in [4.69, 9.17) is 10.5 Å². The van der Waals surface area contributed by atoms with Crippen LogP contribution in [0.2, 0.25) is 0 Å². The predicted octanol–water partition coefficient (Wildman–Crippen LogP) is 0.259. The summed E-state index contributed by atoms with van der Waals surface area (Å²) in [6, 6.07) is 0. The van der Waals surface area contributed by atoms with E-state index in [1.807, 2.05) is 20.8 Å². The SMILES string of the molecule is CNC(=O)OC(C)(C)C.COC(=O)CN. The molecule has 0 unspecified atom stereocenters. The first-order valence-electron chi connectivity index (χ1n) is 4.44. The summed E-state index contributed by atoms with van der Waals surface area (Å²) in [5.74, 6) is -0.380. The van der Waals surface area contributed by atoms with E-state index < -0.39 is 0 Å². The summed E-state index contributed by atoms with van der Waals surface area (Å²) in [5.41, 5.74) is 4.42. The van der Waals surface area contributed by atoms with Gasteiger partial charge in [0.05, 0.1) is 13.7 Å². The van der Waals surface area contributed by atoms with E-state index in [1.165, 1.54) is 14.2 Å². The van der Waals surface area contributed by atoms with Gasteiger partial charge in [-0.25, -0.2) is 4.79 Å². The number of nitrogens with two attached hydrogens (primary N) is 1. The summed E-state index contributed by atoms with van der Waals surface area (Å²) < 4.78 is 8.97. The number of amides is 1. The van der Waals surface area contributed by atoms with Crippen LogP contribution >= 0.6 is 0 Å². The third-order valence-corrected chi connectivity index (χ3v) is 0.997. The number of hydrogen-bond acceptors (Lipinski definition) is 5. The Morgan fingerprint density at radius 2 is 1.80 bits per heavy atom. The Labute approximate surface area is 90.1 Å². The summed E-state index contributed by atoms with van der Waals surface area (Å²) in [6.45, 7) is 5.43. The van der Waals surface area contributed by atoms with Gasteiger partial charge in [-0.2, -0.15) is 0 Å². The van der Waals surface area contributed by atoms with Gasteiger partial charge in [0, 0.05) is 7.05 Å². The maximum atomic E-state index is 10.5. The van der Waals surface area contributed by atoms with Crippen molar-refractivity contribution in [3.63, 3.8) is 0 Å². The zero-order chi connectivity index (χ0) is 12.5. The third-order valence-electron chi connectivity index (χ3n) is 0.997. The molecule has 0 atom stereocenters. The molecule has 0 aliphatic carbocycles. The lowest BCUT2D eigenvalue weighted by Gasteiger charge is -2.18. The molecule has 0 rings (SSSR count). The van der Waals surface area contributed by atoms with Crippen LogP contribution in [0, 0.1) is 0 Å². The van der Waals surface area contributed by atoms with Crippen molar-refractivity contribution >= 4 is 12.1 Å². The van der Waals surface area contributed by atoms with Crippen LogP contribution in [0.5, 0.6) is 0 Å². The predicted molar refractivity (Wildman–Crippen MR) is 56.4 cm³/mol. The van der Waals surface area contributed by atoms with Crippen LogP contribution in [0.1, 0.15) is 20.8 Å². The molecule has 0 saturated heterocycles. The van der Waals surface area contributed by atoms with Crippen molar-refractivity contribution in [3.05, 3.63) is 0 Å². The number of esters is 1. The highest BCUT2D eigenvalue weighted by atomic mass is 16.6.